The molecule has 9 heteroatoms. The number of thiazole rings is 1. The maximum atomic E-state index is 11.6. The van der Waals surface area contributed by atoms with E-state index in [1.165, 1.54) is 12.8 Å². The Morgan fingerprint density at radius 3 is 2.92 bits per heavy atom. The molecule has 2 aliphatic heterocycles. The number of aliphatic imine (C=N–C) groups is 1. The molecule has 0 amide bonds. The first-order valence-corrected chi connectivity index (χ1v) is 11.7. The van der Waals surface area contributed by atoms with Crippen molar-refractivity contribution in [1.82, 2.24) is 15.6 Å². The molecule has 2 N–H and O–H groups in total. The third kappa shape index (κ3) is 5.31. The van der Waals surface area contributed by atoms with Gasteiger partial charge in [-0.25, -0.2) is 13.4 Å². The van der Waals surface area contributed by atoms with E-state index in [0.29, 0.717) is 18.9 Å². The summed E-state index contributed by atoms with van der Waals surface area (Å²) in [5.41, 5.74) is 1.08. The van der Waals surface area contributed by atoms with Gasteiger partial charge in [0.25, 0.3) is 0 Å². The predicted molar refractivity (Wildman–Crippen MR) is 103 cm³/mol. The van der Waals surface area contributed by atoms with Gasteiger partial charge in [-0.1, -0.05) is 0 Å². The minimum atomic E-state index is -2.88. The Morgan fingerprint density at radius 2 is 2.24 bits per heavy atom. The lowest BCUT2D eigenvalue weighted by molar-refractivity contribution is 0.599. The summed E-state index contributed by atoms with van der Waals surface area (Å²) in [6, 6.07) is -0.0381. The molecule has 140 valence electrons. The number of sulfone groups is 1. The number of hydrogen-bond acceptors (Lipinski definition) is 6. The van der Waals surface area contributed by atoms with Crippen LogP contribution in [0.1, 0.15) is 31.9 Å². The molecular formula is C16H27N5O2S2. The molecule has 2 aliphatic rings. The zero-order valence-corrected chi connectivity index (χ0v) is 16.3. The molecule has 0 saturated carbocycles. The van der Waals surface area contributed by atoms with Gasteiger partial charge in [0, 0.05) is 44.0 Å². The molecule has 7 nitrogen and oxygen atoms in total. The van der Waals surface area contributed by atoms with E-state index >= 15 is 0 Å². The van der Waals surface area contributed by atoms with E-state index in [-0.39, 0.29) is 17.5 Å². The lowest BCUT2D eigenvalue weighted by atomic mass is 10.3. The molecule has 0 aliphatic carbocycles. The van der Waals surface area contributed by atoms with Crippen LogP contribution in [-0.2, 0) is 16.3 Å². The molecule has 2 fully saturated rings. The fourth-order valence-electron chi connectivity index (χ4n) is 3.17. The van der Waals surface area contributed by atoms with Gasteiger partial charge in [-0.3, -0.25) is 4.99 Å². The third-order valence-electron chi connectivity index (χ3n) is 4.47. The predicted octanol–water partition coefficient (Wildman–Crippen LogP) is 1.03. The highest BCUT2D eigenvalue weighted by Crippen LogP contribution is 2.24. The molecule has 0 radical (unpaired) electrons. The highest BCUT2D eigenvalue weighted by molar-refractivity contribution is 7.91. The molecule has 1 atom stereocenters. The fraction of sp³-hybridized carbons (Fsp3) is 0.750. The van der Waals surface area contributed by atoms with Crippen LogP contribution in [0.4, 0.5) is 5.13 Å². The van der Waals surface area contributed by atoms with Gasteiger partial charge in [-0.2, -0.15) is 0 Å². The number of nitrogens with zero attached hydrogens (tertiary/aromatic N) is 3. The third-order valence-corrected chi connectivity index (χ3v) is 7.19. The topological polar surface area (TPSA) is 86.7 Å². The standard InChI is InChI=1S/C16H27N5O2S2/c1-2-17-15(19-14-6-10-25(22,23)12-14)18-7-5-13-11-24-16(20-13)21-8-3-4-9-21/h11,14H,2-10,12H2,1H3,(H2,17,18,19). The molecule has 1 aromatic heterocycles. The summed E-state index contributed by atoms with van der Waals surface area (Å²) >= 11 is 1.71. The van der Waals surface area contributed by atoms with Crippen molar-refractivity contribution in [2.24, 2.45) is 4.99 Å². The Hall–Kier alpha value is -1.35. The lowest BCUT2D eigenvalue weighted by Gasteiger charge is -2.15. The van der Waals surface area contributed by atoms with Gasteiger partial charge in [-0.15, -0.1) is 11.3 Å². The Morgan fingerprint density at radius 1 is 1.44 bits per heavy atom. The van der Waals surface area contributed by atoms with Crippen molar-refractivity contribution >= 4 is 32.3 Å². The number of anilines is 1. The van der Waals surface area contributed by atoms with Crippen molar-refractivity contribution in [1.29, 1.82) is 0 Å². The second-order valence-corrected chi connectivity index (χ2v) is 9.64. The van der Waals surface area contributed by atoms with Gasteiger partial charge in [-0.05, 0) is 26.2 Å². The Labute approximate surface area is 153 Å². The largest absolute Gasteiger partial charge is 0.357 e. The Balaban J connectivity index is 1.51. The molecule has 3 rings (SSSR count). The number of nitrogens with one attached hydrogen (secondary N) is 2. The van der Waals surface area contributed by atoms with Crippen LogP contribution in [-0.4, -0.2) is 63.1 Å². The van der Waals surface area contributed by atoms with Crippen LogP contribution >= 0.6 is 11.3 Å². The normalized spacial score (nSPS) is 23.2. The van der Waals surface area contributed by atoms with Crippen molar-refractivity contribution in [3.63, 3.8) is 0 Å². The van der Waals surface area contributed by atoms with Crippen LogP contribution in [0, 0.1) is 0 Å². The van der Waals surface area contributed by atoms with Crippen LogP contribution < -0.4 is 15.5 Å². The summed E-state index contributed by atoms with van der Waals surface area (Å²) < 4.78 is 23.2. The van der Waals surface area contributed by atoms with Crippen LogP contribution in [0.25, 0.3) is 0 Å². The maximum absolute atomic E-state index is 11.6. The minimum Gasteiger partial charge on any atom is -0.357 e. The maximum Gasteiger partial charge on any atom is 0.191 e. The lowest BCUT2D eigenvalue weighted by Crippen LogP contribution is -2.44. The van der Waals surface area contributed by atoms with E-state index in [1.807, 2.05) is 6.92 Å². The molecule has 0 spiro atoms. The highest BCUT2D eigenvalue weighted by Gasteiger charge is 2.28. The molecule has 0 aromatic carbocycles. The summed E-state index contributed by atoms with van der Waals surface area (Å²) in [5.74, 6) is 1.16. The van der Waals surface area contributed by atoms with E-state index in [9.17, 15) is 8.42 Å². The summed E-state index contributed by atoms with van der Waals surface area (Å²) in [7, 11) is -2.88. The van der Waals surface area contributed by atoms with E-state index in [1.54, 1.807) is 11.3 Å². The molecule has 0 bridgehead atoms. The van der Waals surface area contributed by atoms with Crippen molar-refractivity contribution in [2.75, 3.05) is 42.6 Å². The molecule has 25 heavy (non-hydrogen) atoms. The van der Waals surface area contributed by atoms with Gasteiger partial charge in [0.2, 0.25) is 0 Å². The summed E-state index contributed by atoms with van der Waals surface area (Å²) in [5, 5.41) is 9.67. The van der Waals surface area contributed by atoms with Crippen molar-refractivity contribution < 1.29 is 8.42 Å². The monoisotopic (exact) mass is 385 g/mol. The van der Waals surface area contributed by atoms with Gasteiger partial charge >= 0.3 is 0 Å². The Kier molecular flexibility index (Phi) is 6.16. The van der Waals surface area contributed by atoms with Crippen molar-refractivity contribution in [3.8, 4) is 0 Å². The zero-order chi connectivity index (χ0) is 17.7. The van der Waals surface area contributed by atoms with Crippen LogP contribution in [0.15, 0.2) is 10.4 Å². The van der Waals surface area contributed by atoms with Crippen molar-refractivity contribution in [3.05, 3.63) is 11.1 Å². The number of guanidine groups is 1. The van der Waals surface area contributed by atoms with Crippen molar-refractivity contribution in [2.45, 2.75) is 38.6 Å². The quantitative estimate of drug-likeness (QED) is 0.562. The number of aromatic nitrogens is 1. The SMILES string of the molecule is CCNC(=NCCc1csc(N2CCCC2)n1)NC1CCS(=O)(=O)C1. The first kappa shape index (κ1) is 18.4. The fourth-order valence-corrected chi connectivity index (χ4v) is 5.76. The van der Waals surface area contributed by atoms with Gasteiger partial charge in [0.05, 0.1) is 17.2 Å². The second-order valence-electron chi connectivity index (χ2n) is 6.57. The molecule has 3 heterocycles. The van der Waals surface area contributed by atoms with Crippen LogP contribution in [0.2, 0.25) is 0 Å². The van der Waals surface area contributed by atoms with Gasteiger partial charge in [0.1, 0.15) is 0 Å². The molecule has 1 unspecified atom stereocenters. The zero-order valence-electron chi connectivity index (χ0n) is 14.7. The van der Waals surface area contributed by atoms with Crippen LogP contribution in [0.5, 0.6) is 0 Å². The highest BCUT2D eigenvalue weighted by atomic mass is 32.2. The van der Waals surface area contributed by atoms with Gasteiger partial charge < -0.3 is 15.5 Å². The van der Waals surface area contributed by atoms with E-state index in [4.69, 9.17) is 4.98 Å². The molecule has 1 aromatic rings. The first-order valence-electron chi connectivity index (χ1n) is 9.00. The average molecular weight is 386 g/mol. The second kappa shape index (κ2) is 8.35. The van der Waals surface area contributed by atoms with E-state index in [2.05, 4.69) is 25.9 Å². The first-order chi connectivity index (χ1) is 12.1. The van der Waals surface area contributed by atoms with E-state index < -0.39 is 9.84 Å². The molecule has 2 saturated heterocycles. The summed E-state index contributed by atoms with van der Waals surface area (Å²) in [6.07, 6.45) is 3.96. The Bertz CT molecular complexity index is 695. The van der Waals surface area contributed by atoms with Gasteiger partial charge in [0.15, 0.2) is 20.9 Å². The van der Waals surface area contributed by atoms with Crippen LogP contribution in [0.3, 0.4) is 0 Å². The number of hydrogen-bond donors (Lipinski definition) is 2. The minimum absolute atomic E-state index is 0.0381. The smallest absolute Gasteiger partial charge is 0.191 e. The average Bonchev–Trinajstić information content (AvgIpc) is 3.28. The summed E-state index contributed by atoms with van der Waals surface area (Å²) in [4.78, 5) is 11.6. The summed E-state index contributed by atoms with van der Waals surface area (Å²) in [6.45, 7) is 5.62. The van der Waals surface area contributed by atoms with E-state index in [0.717, 1.165) is 36.9 Å². The molecular weight excluding hydrogens is 358 g/mol. The number of rotatable bonds is 6.